The lowest BCUT2D eigenvalue weighted by Crippen LogP contribution is -2.51. The molecular formula is C17H33N3O. The van der Waals surface area contributed by atoms with Gasteiger partial charge in [-0.3, -0.25) is 0 Å². The number of piperidine rings is 1. The van der Waals surface area contributed by atoms with Crippen LogP contribution in [0.15, 0.2) is 0 Å². The van der Waals surface area contributed by atoms with E-state index < -0.39 is 0 Å². The van der Waals surface area contributed by atoms with Crippen molar-refractivity contribution in [3.8, 4) is 0 Å². The molecule has 21 heavy (non-hydrogen) atoms. The van der Waals surface area contributed by atoms with Gasteiger partial charge in [0.25, 0.3) is 0 Å². The zero-order chi connectivity index (χ0) is 15.2. The predicted molar refractivity (Wildman–Crippen MR) is 87.4 cm³/mol. The number of hydrogen-bond donors (Lipinski definition) is 2. The lowest BCUT2D eigenvalue weighted by molar-refractivity contribution is 0.174. The Labute approximate surface area is 130 Å². The maximum atomic E-state index is 12.1. The summed E-state index contributed by atoms with van der Waals surface area (Å²) in [5.74, 6) is 1.35. The Kier molecular flexibility index (Phi) is 6.34. The van der Waals surface area contributed by atoms with Gasteiger partial charge in [0.15, 0.2) is 0 Å². The molecule has 2 amide bonds. The van der Waals surface area contributed by atoms with E-state index in [1.807, 2.05) is 0 Å². The van der Waals surface area contributed by atoms with Gasteiger partial charge >= 0.3 is 6.03 Å². The monoisotopic (exact) mass is 295 g/mol. The zero-order valence-electron chi connectivity index (χ0n) is 14.0. The standard InChI is InChI=1S/C17H33N3O/c1-13(2)12-20-10-8-15(9-11-20)18-17(21)19-16-7-5-4-6-14(16)3/h13-16H,4-12H2,1-3H3,(H2,18,19,21). The fourth-order valence-corrected chi connectivity index (χ4v) is 3.70. The van der Waals surface area contributed by atoms with Crippen molar-refractivity contribution in [3.05, 3.63) is 0 Å². The van der Waals surface area contributed by atoms with Crippen LogP contribution in [0.25, 0.3) is 0 Å². The van der Waals surface area contributed by atoms with Gasteiger partial charge in [0.1, 0.15) is 0 Å². The number of carbonyl (C=O) groups is 1. The van der Waals surface area contributed by atoms with Crippen LogP contribution in [-0.4, -0.2) is 42.6 Å². The Bertz CT molecular complexity index is 324. The minimum absolute atomic E-state index is 0.0519. The summed E-state index contributed by atoms with van der Waals surface area (Å²) >= 11 is 0. The first-order valence-electron chi connectivity index (χ1n) is 8.84. The molecule has 2 atom stereocenters. The first kappa shape index (κ1) is 16.6. The van der Waals surface area contributed by atoms with E-state index in [0.29, 0.717) is 18.0 Å². The Morgan fingerprint density at radius 1 is 1.10 bits per heavy atom. The van der Waals surface area contributed by atoms with E-state index in [-0.39, 0.29) is 6.03 Å². The van der Waals surface area contributed by atoms with Gasteiger partial charge in [-0.1, -0.05) is 33.6 Å². The van der Waals surface area contributed by atoms with Crippen molar-refractivity contribution >= 4 is 6.03 Å². The molecule has 1 saturated heterocycles. The second kappa shape index (κ2) is 8.02. The largest absolute Gasteiger partial charge is 0.335 e. The minimum Gasteiger partial charge on any atom is -0.335 e. The summed E-state index contributed by atoms with van der Waals surface area (Å²) in [4.78, 5) is 14.7. The summed E-state index contributed by atoms with van der Waals surface area (Å²) in [5, 5.41) is 6.38. The SMILES string of the molecule is CC(C)CN1CCC(NC(=O)NC2CCCCC2C)CC1. The van der Waals surface area contributed by atoms with Crippen molar-refractivity contribution in [2.24, 2.45) is 11.8 Å². The fourth-order valence-electron chi connectivity index (χ4n) is 3.70. The molecule has 2 aliphatic rings. The van der Waals surface area contributed by atoms with Crippen molar-refractivity contribution in [2.45, 2.75) is 71.4 Å². The molecule has 1 aliphatic heterocycles. The molecular weight excluding hydrogens is 262 g/mol. The molecule has 0 radical (unpaired) electrons. The highest BCUT2D eigenvalue weighted by molar-refractivity contribution is 5.74. The van der Waals surface area contributed by atoms with Gasteiger partial charge in [-0.25, -0.2) is 4.79 Å². The number of nitrogens with zero attached hydrogens (tertiary/aromatic N) is 1. The van der Waals surface area contributed by atoms with Crippen LogP contribution in [-0.2, 0) is 0 Å². The van der Waals surface area contributed by atoms with Gasteiger partial charge in [-0.05, 0) is 37.5 Å². The van der Waals surface area contributed by atoms with Crippen molar-refractivity contribution < 1.29 is 4.79 Å². The molecule has 0 aromatic rings. The first-order valence-corrected chi connectivity index (χ1v) is 8.84. The maximum absolute atomic E-state index is 12.1. The molecule has 0 bridgehead atoms. The van der Waals surface area contributed by atoms with Crippen LogP contribution in [0.2, 0.25) is 0 Å². The van der Waals surface area contributed by atoms with Crippen LogP contribution in [0, 0.1) is 11.8 Å². The van der Waals surface area contributed by atoms with Crippen molar-refractivity contribution in [2.75, 3.05) is 19.6 Å². The van der Waals surface area contributed by atoms with Crippen LogP contribution in [0.1, 0.15) is 59.3 Å². The van der Waals surface area contributed by atoms with Crippen molar-refractivity contribution in [1.82, 2.24) is 15.5 Å². The summed E-state index contributed by atoms with van der Waals surface area (Å²) in [7, 11) is 0. The summed E-state index contributed by atoms with van der Waals surface area (Å²) < 4.78 is 0. The summed E-state index contributed by atoms with van der Waals surface area (Å²) in [5.41, 5.74) is 0. The van der Waals surface area contributed by atoms with Gasteiger partial charge in [-0.2, -0.15) is 0 Å². The molecule has 2 unspecified atom stereocenters. The summed E-state index contributed by atoms with van der Waals surface area (Å²) in [6.45, 7) is 10.2. The number of hydrogen-bond acceptors (Lipinski definition) is 2. The molecule has 122 valence electrons. The molecule has 4 nitrogen and oxygen atoms in total. The number of urea groups is 1. The third kappa shape index (κ3) is 5.50. The Hall–Kier alpha value is -0.770. The maximum Gasteiger partial charge on any atom is 0.315 e. The van der Waals surface area contributed by atoms with Gasteiger partial charge in [0.2, 0.25) is 0 Å². The minimum atomic E-state index is 0.0519. The second-order valence-corrected chi connectivity index (χ2v) is 7.45. The molecule has 2 rings (SSSR count). The van der Waals surface area contributed by atoms with Gasteiger partial charge in [0.05, 0.1) is 0 Å². The van der Waals surface area contributed by atoms with E-state index in [1.165, 1.54) is 25.8 Å². The van der Waals surface area contributed by atoms with Crippen molar-refractivity contribution in [3.63, 3.8) is 0 Å². The second-order valence-electron chi connectivity index (χ2n) is 7.45. The molecule has 2 N–H and O–H groups in total. The topological polar surface area (TPSA) is 44.4 Å². The molecule has 0 aromatic heterocycles. The van der Waals surface area contributed by atoms with E-state index in [9.17, 15) is 4.79 Å². The number of rotatable bonds is 4. The molecule has 0 spiro atoms. The quantitative estimate of drug-likeness (QED) is 0.837. The van der Waals surface area contributed by atoms with E-state index in [1.54, 1.807) is 0 Å². The van der Waals surface area contributed by atoms with Crippen LogP contribution >= 0.6 is 0 Å². The smallest absolute Gasteiger partial charge is 0.315 e. The molecule has 1 aliphatic carbocycles. The van der Waals surface area contributed by atoms with E-state index in [0.717, 1.165) is 38.3 Å². The molecule has 4 heteroatoms. The van der Waals surface area contributed by atoms with Gasteiger partial charge < -0.3 is 15.5 Å². The van der Waals surface area contributed by atoms with E-state index in [2.05, 4.69) is 36.3 Å². The third-order valence-corrected chi connectivity index (χ3v) is 4.97. The normalized spacial score (nSPS) is 28.6. The van der Waals surface area contributed by atoms with Gasteiger partial charge in [0, 0.05) is 31.7 Å². The zero-order valence-corrected chi connectivity index (χ0v) is 14.0. The number of carbonyl (C=O) groups excluding carboxylic acids is 1. The highest BCUT2D eigenvalue weighted by Gasteiger charge is 2.25. The molecule has 0 aromatic carbocycles. The van der Waals surface area contributed by atoms with Gasteiger partial charge in [-0.15, -0.1) is 0 Å². The molecule has 1 heterocycles. The fraction of sp³-hybridized carbons (Fsp3) is 0.941. The Morgan fingerprint density at radius 2 is 1.76 bits per heavy atom. The highest BCUT2D eigenvalue weighted by Crippen LogP contribution is 2.23. The molecule has 2 fully saturated rings. The lowest BCUT2D eigenvalue weighted by atomic mass is 9.86. The van der Waals surface area contributed by atoms with Crippen molar-refractivity contribution in [1.29, 1.82) is 0 Å². The lowest BCUT2D eigenvalue weighted by Gasteiger charge is -2.34. The Morgan fingerprint density at radius 3 is 2.38 bits per heavy atom. The summed E-state index contributed by atoms with van der Waals surface area (Å²) in [6.07, 6.45) is 7.12. The first-order chi connectivity index (χ1) is 10.0. The Balaban J connectivity index is 1.67. The van der Waals surface area contributed by atoms with E-state index >= 15 is 0 Å². The van der Waals surface area contributed by atoms with Crippen LogP contribution < -0.4 is 10.6 Å². The number of nitrogens with one attached hydrogen (secondary N) is 2. The third-order valence-electron chi connectivity index (χ3n) is 4.97. The average molecular weight is 295 g/mol. The number of likely N-dealkylation sites (tertiary alicyclic amines) is 1. The molecule has 1 saturated carbocycles. The van der Waals surface area contributed by atoms with Crippen LogP contribution in [0.4, 0.5) is 4.79 Å². The van der Waals surface area contributed by atoms with Crippen LogP contribution in [0.5, 0.6) is 0 Å². The highest BCUT2D eigenvalue weighted by atomic mass is 16.2. The number of amides is 2. The summed E-state index contributed by atoms with van der Waals surface area (Å²) in [6, 6.07) is 0.781. The predicted octanol–water partition coefficient (Wildman–Crippen LogP) is 2.98. The van der Waals surface area contributed by atoms with E-state index in [4.69, 9.17) is 0 Å². The average Bonchev–Trinajstić information content (AvgIpc) is 2.43. The van der Waals surface area contributed by atoms with Crippen LogP contribution in [0.3, 0.4) is 0 Å².